The van der Waals surface area contributed by atoms with Crippen molar-refractivity contribution in [2.24, 2.45) is 5.92 Å². The van der Waals surface area contributed by atoms with Crippen LogP contribution in [0.1, 0.15) is 19.8 Å². The first-order valence-electron chi connectivity index (χ1n) is 9.25. The van der Waals surface area contributed by atoms with Gasteiger partial charge in [-0.3, -0.25) is 9.69 Å². The first kappa shape index (κ1) is 18.5. The summed E-state index contributed by atoms with van der Waals surface area (Å²) in [5.41, 5.74) is 0. The standard InChI is InChI=1S/C19H28ClN3O2/c1-15-14-16(6-7-21-15)19(24)23-10-8-22(9-11-23)12-13-25-18-5-3-2-4-17(18)20/h2-5,15-16,21H,6-14H2,1H3/t15-,16-/m0/s1. The molecule has 0 aromatic heterocycles. The van der Waals surface area contributed by atoms with Gasteiger partial charge in [-0.2, -0.15) is 0 Å². The first-order valence-corrected chi connectivity index (χ1v) is 9.63. The summed E-state index contributed by atoms with van der Waals surface area (Å²) in [6, 6.07) is 8.00. The van der Waals surface area contributed by atoms with Crippen molar-refractivity contribution < 1.29 is 9.53 Å². The van der Waals surface area contributed by atoms with Crippen LogP contribution in [-0.2, 0) is 4.79 Å². The Labute approximate surface area is 155 Å². The van der Waals surface area contributed by atoms with E-state index in [-0.39, 0.29) is 5.92 Å². The van der Waals surface area contributed by atoms with Crippen LogP contribution < -0.4 is 10.1 Å². The van der Waals surface area contributed by atoms with E-state index in [0.717, 1.165) is 57.9 Å². The Hall–Kier alpha value is -1.30. The van der Waals surface area contributed by atoms with E-state index in [2.05, 4.69) is 17.1 Å². The largest absolute Gasteiger partial charge is 0.491 e. The van der Waals surface area contributed by atoms with E-state index in [9.17, 15) is 4.79 Å². The number of carbonyl (C=O) groups is 1. The van der Waals surface area contributed by atoms with E-state index in [0.29, 0.717) is 23.6 Å². The van der Waals surface area contributed by atoms with Gasteiger partial charge in [0.2, 0.25) is 5.91 Å². The number of amides is 1. The number of rotatable bonds is 5. The lowest BCUT2D eigenvalue weighted by Gasteiger charge is -2.38. The third-order valence-corrected chi connectivity index (χ3v) is 5.47. The Kier molecular flexibility index (Phi) is 6.57. The lowest BCUT2D eigenvalue weighted by Crippen LogP contribution is -2.52. The summed E-state index contributed by atoms with van der Waals surface area (Å²) in [6.07, 6.45) is 1.93. The third kappa shape index (κ3) is 5.09. The van der Waals surface area contributed by atoms with Gasteiger partial charge < -0.3 is 15.0 Å². The SMILES string of the molecule is C[C@H]1C[C@@H](C(=O)N2CCN(CCOc3ccccc3Cl)CC2)CCN1. The molecule has 2 atom stereocenters. The van der Waals surface area contributed by atoms with Crippen LogP contribution in [0, 0.1) is 5.92 Å². The highest BCUT2D eigenvalue weighted by molar-refractivity contribution is 6.32. The van der Waals surface area contributed by atoms with Crippen molar-refractivity contribution in [2.45, 2.75) is 25.8 Å². The molecular formula is C19H28ClN3O2. The second kappa shape index (κ2) is 8.88. The molecule has 138 valence electrons. The molecule has 2 aliphatic heterocycles. The average Bonchev–Trinajstić information content (AvgIpc) is 2.63. The quantitative estimate of drug-likeness (QED) is 0.869. The third-order valence-electron chi connectivity index (χ3n) is 5.16. The van der Waals surface area contributed by atoms with Crippen LogP contribution in [0.15, 0.2) is 24.3 Å². The molecule has 0 aliphatic carbocycles. The summed E-state index contributed by atoms with van der Waals surface area (Å²) in [5.74, 6) is 1.28. The van der Waals surface area contributed by atoms with Gasteiger partial charge in [-0.1, -0.05) is 23.7 Å². The number of halogens is 1. The number of para-hydroxylation sites is 1. The number of piperidine rings is 1. The van der Waals surface area contributed by atoms with Crippen LogP contribution in [0.2, 0.25) is 5.02 Å². The molecule has 2 fully saturated rings. The molecule has 3 rings (SSSR count). The molecule has 6 heteroatoms. The lowest BCUT2D eigenvalue weighted by molar-refractivity contribution is -0.138. The Balaban J connectivity index is 1.38. The number of ether oxygens (including phenoxy) is 1. The Bertz CT molecular complexity index is 576. The fourth-order valence-electron chi connectivity index (χ4n) is 3.65. The molecule has 0 spiro atoms. The van der Waals surface area contributed by atoms with Gasteiger partial charge in [0.05, 0.1) is 5.02 Å². The van der Waals surface area contributed by atoms with Gasteiger partial charge in [0.25, 0.3) is 0 Å². The second-order valence-corrected chi connectivity index (χ2v) is 7.43. The van der Waals surface area contributed by atoms with E-state index in [1.807, 2.05) is 29.2 Å². The fourth-order valence-corrected chi connectivity index (χ4v) is 3.84. The van der Waals surface area contributed by atoms with Crippen molar-refractivity contribution in [3.8, 4) is 5.75 Å². The topological polar surface area (TPSA) is 44.8 Å². The van der Waals surface area contributed by atoms with Gasteiger partial charge in [0.1, 0.15) is 12.4 Å². The molecule has 1 aromatic carbocycles. The van der Waals surface area contributed by atoms with E-state index < -0.39 is 0 Å². The van der Waals surface area contributed by atoms with Crippen LogP contribution in [0.25, 0.3) is 0 Å². The molecule has 0 bridgehead atoms. The number of nitrogens with one attached hydrogen (secondary N) is 1. The van der Waals surface area contributed by atoms with Crippen molar-refractivity contribution in [1.82, 2.24) is 15.1 Å². The van der Waals surface area contributed by atoms with Gasteiger partial charge in [-0.15, -0.1) is 0 Å². The molecular weight excluding hydrogens is 338 g/mol. The molecule has 0 unspecified atom stereocenters. The summed E-state index contributed by atoms with van der Waals surface area (Å²) in [4.78, 5) is 17.1. The van der Waals surface area contributed by atoms with Crippen molar-refractivity contribution in [3.63, 3.8) is 0 Å². The fraction of sp³-hybridized carbons (Fsp3) is 0.632. The Morgan fingerprint density at radius 3 is 2.76 bits per heavy atom. The average molecular weight is 366 g/mol. The Morgan fingerprint density at radius 1 is 1.28 bits per heavy atom. The van der Waals surface area contributed by atoms with Crippen molar-refractivity contribution in [3.05, 3.63) is 29.3 Å². The van der Waals surface area contributed by atoms with Gasteiger partial charge in [-0.25, -0.2) is 0 Å². The summed E-state index contributed by atoms with van der Waals surface area (Å²) in [6.45, 7) is 8.07. The van der Waals surface area contributed by atoms with Crippen molar-refractivity contribution in [2.75, 3.05) is 45.9 Å². The molecule has 2 aliphatic rings. The zero-order valence-electron chi connectivity index (χ0n) is 14.9. The predicted octanol–water partition coefficient (Wildman–Crippen LogP) is 2.25. The maximum absolute atomic E-state index is 12.7. The van der Waals surface area contributed by atoms with E-state index in [1.54, 1.807) is 0 Å². The van der Waals surface area contributed by atoms with Crippen LogP contribution in [0.3, 0.4) is 0 Å². The molecule has 1 aromatic rings. The van der Waals surface area contributed by atoms with Gasteiger partial charge >= 0.3 is 0 Å². The molecule has 5 nitrogen and oxygen atoms in total. The van der Waals surface area contributed by atoms with Crippen LogP contribution in [-0.4, -0.2) is 67.6 Å². The zero-order chi connectivity index (χ0) is 17.6. The molecule has 0 radical (unpaired) electrons. The molecule has 25 heavy (non-hydrogen) atoms. The van der Waals surface area contributed by atoms with Gasteiger partial charge in [0.15, 0.2) is 0 Å². The van der Waals surface area contributed by atoms with Crippen LogP contribution in [0.4, 0.5) is 0 Å². The maximum Gasteiger partial charge on any atom is 0.225 e. The Morgan fingerprint density at radius 2 is 2.04 bits per heavy atom. The minimum atomic E-state index is 0.200. The van der Waals surface area contributed by atoms with Gasteiger partial charge in [0, 0.05) is 44.7 Å². The minimum Gasteiger partial charge on any atom is -0.491 e. The molecule has 1 amide bonds. The minimum absolute atomic E-state index is 0.200. The normalized spacial score (nSPS) is 25.0. The van der Waals surface area contributed by atoms with Crippen molar-refractivity contribution in [1.29, 1.82) is 0 Å². The molecule has 2 heterocycles. The summed E-state index contributed by atoms with van der Waals surface area (Å²) >= 11 is 6.10. The van der Waals surface area contributed by atoms with Crippen molar-refractivity contribution >= 4 is 17.5 Å². The number of hydrogen-bond donors (Lipinski definition) is 1. The molecule has 2 saturated heterocycles. The van der Waals surface area contributed by atoms with Crippen LogP contribution in [0.5, 0.6) is 5.75 Å². The highest BCUT2D eigenvalue weighted by Crippen LogP contribution is 2.23. The number of benzene rings is 1. The monoisotopic (exact) mass is 365 g/mol. The number of carbonyl (C=O) groups excluding carboxylic acids is 1. The molecule has 1 N–H and O–H groups in total. The summed E-state index contributed by atoms with van der Waals surface area (Å²) in [5, 5.41) is 4.06. The molecule has 0 saturated carbocycles. The smallest absolute Gasteiger partial charge is 0.225 e. The van der Waals surface area contributed by atoms with E-state index >= 15 is 0 Å². The second-order valence-electron chi connectivity index (χ2n) is 7.02. The highest BCUT2D eigenvalue weighted by Gasteiger charge is 2.30. The maximum atomic E-state index is 12.7. The predicted molar refractivity (Wildman–Crippen MR) is 100 cm³/mol. The van der Waals surface area contributed by atoms with Crippen LogP contribution >= 0.6 is 11.6 Å². The lowest BCUT2D eigenvalue weighted by atomic mass is 9.92. The number of nitrogens with zero attached hydrogens (tertiary/aromatic N) is 2. The highest BCUT2D eigenvalue weighted by atomic mass is 35.5. The van der Waals surface area contributed by atoms with E-state index in [4.69, 9.17) is 16.3 Å². The van der Waals surface area contributed by atoms with Gasteiger partial charge in [-0.05, 0) is 38.4 Å². The first-order chi connectivity index (χ1) is 12.1. The number of hydrogen-bond acceptors (Lipinski definition) is 4. The zero-order valence-corrected chi connectivity index (χ0v) is 15.7. The van der Waals surface area contributed by atoms with E-state index in [1.165, 1.54) is 0 Å². The number of piperazine rings is 1. The summed E-state index contributed by atoms with van der Waals surface area (Å²) < 4.78 is 5.76. The summed E-state index contributed by atoms with van der Waals surface area (Å²) in [7, 11) is 0.